The summed E-state index contributed by atoms with van der Waals surface area (Å²) in [6.07, 6.45) is 3.65. The maximum atomic E-state index is 12.3. The van der Waals surface area contributed by atoms with Crippen molar-refractivity contribution < 1.29 is 14.3 Å². The van der Waals surface area contributed by atoms with Gasteiger partial charge < -0.3 is 14.6 Å². The molecule has 1 aliphatic rings. The molecule has 0 bridgehead atoms. The van der Waals surface area contributed by atoms with Crippen LogP contribution in [0.3, 0.4) is 0 Å². The first-order chi connectivity index (χ1) is 11.5. The number of aromatic nitrogens is 1. The number of nitrogens with one attached hydrogen (secondary N) is 1. The number of Topliss-reactive ketones (excluding diaryl/α,β-unsaturated/α-hetero) is 1. The van der Waals surface area contributed by atoms with Crippen LogP contribution in [0.25, 0.3) is 0 Å². The molecule has 0 aliphatic carbocycles. The van der Waals surface area contributed by atoms with Crippen LogP contribution in [0, 0.1) is 6.92 Å². The van der Waals surface area contributed by atoms with Gasteiger partial charge in [0.1, 0.15) is 11.4 Å². The molecule has 1 saturated heterocycles. The van der Waals surface area contributed by atoms with Gasteiger partial charge in [-0.2, -0.15) is 0 Å². The van der Waals surface area contributed by atoms with Gasteiger partial charge in [-0.15, -0.1) is 0 Å². The van der Waals surface area contributed by atoms with Gasteiger partial charge in [0.05, 0.1) is 4.47 Å². The molecule has 1 aromatic carbocycles. The van der Waals surface area contributed by atoms with Gasteiger partial charge in [0, 0.05) is 24.8 Å². The Morgan fingerprint density at radius 3 is 2.71 bits per heavy atom. The molecule has 1 amide bonds. The van der Waals surface area contributed by atoms with Gasteiger partial charge in [-0.05, 0) is 59.5 Å². The molecule has 3 rings (SSSR count). The van der Waals surface area contributed by atoms with Crippen LogP contribution in [0.5, 0.6) is 5.75 Å². The minimum atomic E-state index is -0.167. The monoisotopic (exact) mass is 390 g/mol. The average molecular weight is 391 g/mol. The smallest absolute Gasteiger partial charge is 0.270 e. The molecule has 2 aromatic rings. The molecule has 0 radical (unpaired) electrons. The molecule has 0 unspecified atom stereocenters. The minimum Gasteiger partial charge on any atom is -0.484 e. The highest BCUT2D eigenvalue weighted by molar-refractivity contribution is 9.10. The molecule has 1 aromatic heterocycles. The first-order valence-electron chi connectivity index (χ1n) is 7.94. The number of benzene rings is 1. The van der Waals surface area contributed by atoms with E-state index in [0.717, 1.165) is 36.0 Å². The van der Waals surface area contributed by atoms with E-state index in [1.165, 1.54) is 0 Å². The number of H-pyrrole nitrogens is 1. The van der Waals surface area contributed by atoms with Crippen LogP contribution in [0.2, 0.25) is 0 Å². The lowest BCUT2D eigenvalue weighted by Crippen LogP contribution is -2.27. The van der Waals surface area contributed by atoms with Crippen molar-refractivity contribution >= 4 is 27.6 Å². The van der Waals surface area contributed by atoms with E-state index in [9.17, 15) is 9.59 Å². The number of likely N-dealkylation sites (tertiary alicyclic amines) is 1. The molecule has 0 atom stereocenters. The summed E-state index contributed by atoms with van der Waals surface area (Å²) in [6, 6.07) is 7.29. The van der Waals surface area contributed by atoms with Gasteiger partial charge >= 0.3 is 0 Å². The quantitative estimate of drug-likeness (QED) is 0.793. The van der Waals surface area contributed by atoms with Crippen LogP contribution in [-0.4, -0.2) is 41.3 Å². The Morgan fingerprint density at radius 2 is 2.00 bits per heavy atom. The Kier molecular flexibility index (Phi) is 5.04. The number of hydrogen-bond donors (Lipinski definition) is 1. The number of amides is 1. The summed E-state index contributed by atoms with van der Waals surface area (Å²) in [5, 5.41) is 0. The number of carbonyl (C=O) groups is 2. The normalized spacial score (nSPS) is 14.0. The summed E-state index contributed by atoms with van der Waals surface area (Å²) in [5.74, 6) is 0.408. The maximum absolute atomic E-state index is 12.3. The summed E-state index contributed by atoms with van der Waals surface area (Å²) in [7, 11) is 0. The van der Waals surface area contributed by atoms with E-state index < -0.39 is 0 Å². The molecular formula is C18H19BrN2O3. The van der Waals surface area contributed by atoms with Crippen molar-refractivity contribution in [1.29, 1.82) is 0 Å². The van der Waals surface area contributed by atoms with E-state index in [4.69, 9.17) is 4.74 Å². The summed E-state index contributed by atoms with van der Waals surface area (Å²) >= 11 is 3.42. The minimum absolute atomic E-state index is 0.0475. The maximum Gasteiger partial charge on any atom is 0.270 e. The van der Waals surface area contributed by atoms with Crippen molar-refractivity contribution in [3.8, 4) is 5.75 Å². The van der Waals surface area contributed by atoms with Crippen molar-refractivity contribution in [1.82, 2.24) is 9.88 Å². The number of rotatable bonds is 5. The average Bonchev–Trinajstić information content (AvgIpc) is 3.25. The van der Waals surface area contributed by atoms with Gasteiger partial charge in [-0.1, -0.05) is 6.07 Å². The lowest BCUT2D eigenvalue weighted by Gasteiger charge is -2.13. The second-order valence-corrected chi connectivity index (χ2v) is 6.80. The molecule has 1 fully saturated rings. The topological polar surface area (TPSA) is 62.4 Å². The van der Waals surface area contributed by atoms with E-state index >= 15 is 0 Å². The van der Waals surface area contributed by atoms with Gasteiger partial charge in [-0.3, -0.25) is 9.59 Å². The molecule has 126 valence electrons. The van der Waals surface area contributed by atoms with Crippen LogP contribution >= 0.6 is 15.9 Å². The van der Waals surface area contributed by atoms with Crippen molar-refractivity contribution in [3.63, 3.8) is 0 Å². The Hall–Kier alpha value is -2.08. The summed E-state index contributed by atoms with van der Waals surface area (Å²) in [5.41, 5.74) is 2.02. The zero-order chi connectivity index (χ0) is 17.1. The molecule has 0 saturated carbocycles. The van der Waals surface area contributed by atoms with Crippen molar-refractivity contribution in [2.75, 3.05) is 19.7 Å². The Bertz CT molecular complexity index is 763. The number of aryl methyl sites for hydroxylation is 1. The fraction of sp³-hybridized carbons (Fsp3) is 0.333. The van der Waals surface area contributed by atoms with Crippen LogP contribution in [-0.2, 0) is 0 Å². The number of halogens is 1. The third-order valence-corrected chi connectivity index (χ3v) is 4.69. The molecule has 1 aliphatic heterocycles. The van der Waals surface area contributed by atoms with E-state index in [1.54, 1.807) is 17.2 Å². The number of aromatic amines is 1. The number of carbonyl (C=O) groups excluding carboxylic acids is 2. The van der Waals surface area contributed by atoms with Gasteiger partial charge in [0.2, 0.25) is 5.78 Å². The van der Waals surface area contributed by atoms with E-state index in [0.29, 0.717) is 17.0 Å². The van der Waals surface area contributed by atoms with E-state index in [2.05, 4.69) is 20.9 Å². The highest BCUT2D eigenvalue weighted by atomic mass is 79.9. The number of nitrogens with zero attached hydrogens (tertiary/aromatic N) is 1. The molecule has 2 heterocycles. The van der Waals surface area contributed by atoms with Crippen LogP contribution in [0.1, 0.15) is 39.3 Å². The predicted molar refractivity (Wildman–Crippen MR) is 94.6 cm³/mol. The fourth-order valence-corrected chi connectivity index (χ4v) is 3.33. The van der Waals surface area contributed by atoms with E-state index in [1.807, 2.05) is 25.1 Å². The predicted octanol–water partition coefficient (Wildman–Crippen LogP) is 3.58. The highest BCUT2D eigenvalue weighted by Crippen LogP contribution is 2.25. The summed E-state index contributed by atoms with van der Waals surface area (Å²) in [6.45, 7) is 3.48. The van der Waals surface area contributed by atoms with Crippen LogP contribution < -0.4 is 4.74 Å². The molecule has 1 N–H and O–H groups in total. The third-order valence-electron chi connectivity index (χ3n) is 4.07. The van der Waals surface area contributed by atoms with Gasteiger partial charge in [0.15, 0.2) is 6.61 Å². The number of ether oxygens (including phenoxy) is 1. The van der Waals surface area contributed by atoms with E-state index in [-0.39, 0.29) is 18.3 Å². The second-order valence-electron chi connectivity index (χ2n) is 5.95. The van der Waals surface area contributed by atoms with Crippen molar-refractivity contribution in [2.24, 2.45) is 0 Å². The third kappa shape index (κ3) is 3.70. The lowest BCUT2D eigenvalue weighted by atomic mass is 10.2. The van der Waals surface area contributed by atoms with Crippen LogP contribution in [0.4, 0.5) is 0 Å². The molecule has 5 nitrogen and oxygen atoms in total. The Morgan fingerprint density at radius 1 is 1.25 bits per heavy atom. The largest absolute Gasteiger partial charge is 0.484 e. The summed E-state index contributed by atoms with van der Waals surface area (Å²) in [4.78, 5) is 29.3. The molecule has 6 heteroatoms. The first kappa shape index (κ1) is 16.8. The van der Waals surface area contributed by atoms with Gasteiger partial charge in [-0.25, -0.2) is 0 Å². The van der Waals surface area contributed by atoms with Crippen molar-refractivity contribution in [3.05, 3.63) is 51.8 Å². The van der Waals surface area contributed by atoms with Crippen molar-refractivity contribution in [2.45, 2.75) is 19.8 Å². The molecule has 0 spiro atoms. The lowest BCUT2D eigenvalue weighted by molar-refractivity contribution is 0.0787. The summed E-state index contributed by atoms with van der Waals surface area (Å²) < 4.78 is 6.39. The first-order valence-corrected chi connectivity index (χ1v) is 8.74. The number of hydrogen-bond acceptors (Lipinski definition) is 3. The zero-order valence-corrected chi connectivity index (χ0v) is 15.1. The fourth-order valence-electron chi connectivity index (χ4n) is 2.72. The second kappa shape index (κ2) is 7.21. The Labute approximate surface area is 149 Å². The highest BCUT2D eigenvalue weighted by Gasteiger charge is 2.21. The zero-order valence-electron chi connectivity index (χ0n) is 13.5. The van der Waals surface area contributed by atoms with Crippen LogP contribution in [0.15, 0.2) is 34.9 Å². The number of ketones is 1. The SMILES string of the molecule is Cc1ccc(OCC(=O)c2c[nH]c(C(=O)N3CCCC3)c2)c(Br)c1. The Balaban J connectivity index is 1.62. The standard InChI is InChI=1S/C18H19BrN2O3/c1-12-4-5-17(14(19)8-12)24-11-16(22)13-9-15(20-10-13)18(23)21-6-2-3-7-21/h4-5,8-10,20H,2-3,6-7,11H2,1H3. The molecule has 24 heavy (non-hydrogen) atoms. The van der Waals surface area contributed by atoms with Gasteiger partial charge in [0.25, 0.3) is 5.91 Å². The molecular weight excluding hydrogens is 372 g/mol.